The van der Waals surface area contributed by atoms with E-state index in [9.17, 15) is 9.90 Å². The van der Waals surface area contributed by atoms with E-state index in [-0.39, 0.29) is 12.6 Å². The number of hydrogen-bond acceptors (Lipinski definition) is 4. The molecule has 0 saturated heterocycles. The number of unbranched alkanes of at least 4 members (excludes halogenated alkanes) is 45. The SMILES string of the molecule is CCCCCCCCCC/C=C\CCCCCCCCCCCCCCCCOCC(CO)OC(=O)CCCCCCCCCCCCCCCCCCCCCCCCCC. The minimum absolute atomic E-state index is 0.164. The lowest BCUT2D eigenvalue weighted by molar-refractivity contribution is -0.154. The van der Waals surface area contributed by atoms with Crippen molar-refractivity contribution in [3.8, 4) is 0 Å². The Morgan fingerprint density at radius 3 is 0.919 bits per heavy atom. The molecule has 1 N–H and O–H groups in total. The van der Waals surface area contributed by atoms with Crippen LogP contribution in [0.3, 0.4) is 0 Å². The number of carbonyl (C=O) groups excluding carboxylic acids is 1. The van der Waals surface area contributed by atoms with E-state index < -0.39 is 6.10 Å². The van der Waals surface area contributed by atoms with Gasteiger partial charge in [0.25, 0.3) is 0 Å². The highest BCUT2D eigenvalue weighted by atomic mass is 16.6. The van der Waals surface area contributed by atoms with Gasteiger partial charge in [-0.2, -0.15) is 0 Å². The van der Waals surface area contributed by atoms with Gasteiger partial charge in [-0.3, -0.25) is 4.79 Å². The first-order chi connectivity index (χ1) is 30.7. The highest BCUT2D eigenvalue weighted by Crippen LogP contribution is 2.18. The molecule has 0 spiro atoms. The normalized spacial score (nSPS) is 12.2. The number of aliphatic hydroxyl groups is 1. The van der Waals surface area contributed by atoms with Crippen molar-refractivity contribution in [2.45, 2.75) is 335 Å². The Hall–Kier alpha value is -0.870. The number of ether oxygens (including phenoxy) is 2. The third-order valence-corrected chi connectivity index (χ3v) is 13.3. The largest absolute Gasteiger partial charge is 0.457 e. The van der Waals surface area contributed by atoms with E-state index in [1.807, 2.05) is 0 Å². The molecule has 62 heavy (non-hydrogen) atoms. The lowest BCUT2D eigenvalue weighted by Gasteiger charge is -2.16. The predicted molar refractivity (Wildman–Crippen MR) is 275 cm³/mol. The monoisotopic (exact) mass is 875 g/mol. The first-order valence-corrected chi connectivity index (χ1v) is 28.8. The van der Waals surface area contributed by atoms with Crippen molar-refractivity contribution in [1.82, 2.24) is 0 Å². The summed E-state index contributed by atoms with van der Waals surface area (Å²) < 4.78 is 11.3. The van der Waals surface area contributed by atoms with Crippen molar-refractivity contribution >= 4 is 5.97 Å². The van der Waals surface area contributed by atoms with Crippen LogP contribution < -0.4 is 0 Å². The molecule has 1 atom stereocenters. The topological polar surface area (TPSA) is 55.8 Å². The summed E-state index contributed by atoms with van der Waals surface area (Å²) in [4.78, 5) is 12.3. The summed E-state index contributed by atoms with van der Waals surface area (Å²) >= 11 is 0. The van der Waals surface area contributed by atoms with Crippen LogP contribution in [-0.2, 0) is 14.3 Å². The van der Waals surface area contributed by atoms with E-state index in [1.54, 1.807) is 0 Å². The Bertz CT molecular complexity index is 841. The Kier molecular flexibility index (Phi) is 55.5. The highest BCUT2D eigenvalue weighted by Gasteiger charge is 2.13. The summed E-state index contributed by atoms with van der Waals surface area (Å²) in [5.74, 6) is -0.190. The number of aliphatic hydroxyl groups excluding tert-OH is 1. The zero-order chi connectivity index (χ0) is 44.8. The lowest BCUT2D eigenvalue weighted by atomic mass is 10.0. The van der Waals surface area contributed by atoms with Crippen molar-refractivity contribution in [3.63, 3.8) is 0 Å². The fraction of sp³-hybridized carbons (Fsp3) is 0.948. The van der Waals surface area contributed by atoms with Gasteiger partial charge >= 0.3 is 5.97 Å². The number of hydrogen-bond donors (Lipinski definition) is 1. The molecule has 0 saturated carbocycles. The molecule has 0 aliphatic rings. The van der Waals surface area contributed by atoms with Crippen LogP contribution in [-0.4, -0.2) is 37.0 Å². The van der Waals surface area contributed by atoms with Crippen molar-refractivity contribution in [2.24, 2.45) is 0 Å². The second-order valence-corrected chi connectivity index (χ2v) is 19.7. The maximum Gasteiger partial charge on any atom is 0.306 e. The van der Waals surface area contributed by atoms with E-state index in [1.165, 1.54) is 289 Å². The van der Waals surface area contributed by atoms with Gasteiger partial charge in [0, 0.05) is 13.0 Å². The molecule has 4 heteroatoms. The van der Waals surface area contributed by atoms with Crippen LogP contribution >= 0.6 is 0 Å². The van der Waals surface area contributed by atoms with Crippen LogP contribution in [0.4, 0.5) is 0 Å². The summed E-state index contributed by atoms with van der Waals surface area (Å²) in [7, 11) is 0. The summed E-state index contributed by atoms with van der Waals surface area (Å²) in [5.41, 5.74) is 0. The molecule has 0 rings (SSSR count). The second kappa shape index (κ2) is 56.3. The molecule has 0 amide bonds. The van der Waals surface area contributed by atoms with Gasteiger partial charge in [-0.1, -0.05) is 296 Å². The molecule has 0 heterocycles. The minimum atomic E-state index is -0.529. The van der Waals surface area contributed by atoms with Gasteiger partial charge in [0.1, 0.15) is 6.10 Å². The molecule has 370 valence electrons. The van der Waals surface area contributed by atoms with Gasteiger partial charge < -0.3 is 14.6 Å². The molecule has 0 bridgehead atoms. The Morgan fingerprint density at radius 1 is 0.371 bits per heavy atom. The molecular formula is C58H114O4. The minimum Gasteiger partial charge on any atom is -0.457 e. The molecule has 4 nitrogen and oxygen atoms in total. The van der Waals surface area contributed by atoms with Crippen LogP contribution in [0.25, 0.3) is 0 Å². The van der Waals surface area contributed by atoms with E-state index >= 15 is 0 Å². The van der Waals surface area contributed by atoms with E-state index in [0.717, 1.165) is 19.3 Å². The smallest absolute Gasteiger partial charge is 0.306 e. The average Bonchev–Trinajstić information content (AvgIpc) is 3.28. The van der Waals surface area contributed by atoms with Gasteiger partial charge in [0.05, 0.1) is 13.2 Å². The number of esters is 1. The van der Waals surface area contributed by atoms with Crippen molar-refractivity contribution in [2.75, 3.05) is 19.8 Å². The number of allylic oxidation sites excluding steroid dienone is 2. The molecule has 0 aromatic heterocycles. The first kappa shape index (κ1) is 61.1. The zero-order valence-electron chi connectivity index (χ0n) is 42.7. The standard InChI is InChI=1S/C58H114O4/c1-3-5-7-9-11-13-15-17-19-21-23-25-27-29-30-32-34-36-38-40-42-44-46-48-50-52-54-61-56-57(55-59)62-58(60)53-51-49-47-45-43-41-39-37-35-33-31-28-26-24-22-20-18-16-14-12-10-8-6-4-2/h21,23,57,59H,3-20,22,24-56H2,1-2H3/b23-21-. The molecule has 0 aromatic carbocycles. The van der Waals surface area contributed by atoms with Crippen molar-refractivity contribution in [3.05, 3.63) is 12.2 Å². The predicted octanol–water partition coefficient (Wildman–Crippen LogP) is 19.6. The molecule has 0 fully saturated rings. The fourth-order valence-corrected chi connectivity index (χ4v) is 9.03. The molecule has 1 unspecified atom stereocenters. The third kappa shape index (κ3) is 53.5. The summed E-state index contributed by atoms with van der Waals surface area (Å²) in [5, 5.41) is 9.68. The van der Waals surface area contributed by atoms with Crippen LogP contribution in [0.15, 0.2) is 12.2 Å². The van der Waals surface area contributed by atoms with Gasteiger partial charge in [-0.05, 0) is 38.5 Å². The summed E-state index contributed by atoms with van der Waals surface area (Å²) in [6.45, 7) is 5.42. The van der Waals surface area contributed by atoms with Crippen LogP contribution in [0, 0.1) is 0 Å². The Balaban J connectivity index is 3.32. The van der Waals surface area contributed by atoms with E-state index in [4.69, 9.17) is 9.47 Å². The maximum atomic E-state index is 12.3. The van der Waals surface area contributed by atoms with Crippen LogP contribution in [0.5, 0.6) is 0 Å². The van der Waals surface area contributed by atoms with Crippen LogP contribution in [0.2, 0.25) is 0 Å². The van der Waals surface area contributed by atoms with Crippen molar-refractivity contribution < 1.29 is 19.4 Å². The zero-order valence-corrected chi connectivity index (χ0v) is 42.7. The van der Waals surface area contributed by atoms with Gasteiger partial charge in [0.2, 0.25) is 0 Å². The molecule has 0 radical (unpaired) electrons. The quantitative estimate of drug-likeness (QED) is 0.0376. The Labute approximate surface area is 390 Å². The maximum absolute atomic E-state index is 12.3. The summed E-state index contributed by atoms with van der Waals surface area (Å²) in [6, 6.07) is 0. The van der Waals surface area contributed by atoms with E-state index in [0.29, 0.717) is 19.6 Å². The van der Waals surface area contributed by atoms with Crippen molar-refractivity contribution in [1.29, 1.82) is 0 Å². The Morgan fingerprint density at radius 2 is 0.629 bits per heavy atom. The summed E-state index contributed by atoms with van der Waals surface area (Å²) in [6.07, 6.45) is 70.5. The highest BCUT2D eigenvalue weighted by molar-refractivity contribution is 5.69. The average molecular weight is 876 g/mol. The second-order valence-electron chi connectivity index (χ2n) is 19.7. The molecular weight excluding hydrogens is 761 g/mol. The van der Waals surface area contributed by atoms with E-state index in [2.05, 4.69) is 26.0 Å². The van der Waals surface area contributed by atoms with Crippen LogP contribution in [0.1, 0.15) is 328 Å². The third-order valence-electron chi connectivity index (χ3n) is 13.3. The molecule has 0 aliphatic carbocycles. The molecule has 0 aromatic rings. The lowest BCUT2D eigenvalue weighted by Crippen LogP contribution is -2.27. The number of rotatable bonds is 55. The van der Waals surface area contributed by atoms with Gasteiger partial charge in [-0.15, -0.1) is 0 Å². The first-order valence-electron chi connectivity index (χ1n) is 28.8. The van der Waals surface area contributed by atoms with Gasteiger partial charge in [0.15, 0.2) is 0 Å². The number of carbonyl (C=O) groups is 1. The van der Waals surface area contributed by atoms with Gasteiger partial charge in [-0.25, -0.2) is 0 Å². The fourth-order valence-electron chi connectivity index (χ4n) is 9.03. The molecule has 0 aliphatic heterocycles.